The van der Waals surface area contributed by atoms with E-state index < -0.39 is 5.97 Å². The van der Waals surface area contributed by atoms with E-state index in [0.717, 1.165) is 24.8 Å². The van der Waals surface area contributed by atoms with Crippen molar-refractivity contribution in [2.75, 3.05) is 0 Å². The molecule has 0 radical (unpaired) electrons. The summed E-state index contributed by atoms with van der Waals surface area (Å²) < 4.78 is 0. The van der Waals surface area contributed by atoms with Crippen LogP contribution in [-0.4, -0.2) is 17.5 Å². The number of carbonyl (C=O) groups excluding carboxylic acids is 1. The van der Waals surface area contributed by atoms with Crippen molar-refractivity contribution in [1.29, 1.82) is 0 Å². The van der Waals surface area contributed by atoms with Gasteiger partial charge in [0.1, 0.15) is 4.88 Å². The van der Waals surface area contributed by atoms with Crippen molar-refractivity contribution in [2.45, 2.75) is 26.2 Å². The summed E-state index contributed by atoms with van der Waals surface area (Å²) in [6.45, 7) is 2.10. The standard InChI is InChI=1S/C9H12O2S.CH3NO/c1-2-3-4-7-5-6-12-8(7)9(10)11;2-1-3/h5-6H,2-4H2,1H3,(H,10,11);1H,(H2,2,3). The Morgan fingerprint density at radius 2 is 2.27 bits per heavy atom. The summed E-state index contributed by atoms with van der Waals surface area (Å²) in [5, 5.41) is 10.6. The molecule has 1 rings (SSSR count). The monoisotopic (exact) mass is 229 g/mol. The Morgan fingerprint density at radius 3 is 2.73 bits per heavy atom. The molecular formula is C10H15NO3S. The topological polar surface area (TPSA) is 80.4 Å². The fourth-order valence-electron chi connectivity index (χ4n) is 1.09. The van der Waals surface area contributed by atoms with Gasteiger partial charge in [-0.05, 0) is 29.9 Å². The lowest BCUT2D eigenvalue weighted by Crippen LogP contribution is -1.97. The van der Waals surface area contributed by atoms with Gasteiger partial charge in [0.05, 0.1) is 0 Å². The van der Waals surface area contributed by atoms with E-state index in [4.69, 9.17) is 9.90 Å². The molecule has 0 aliphatic heterocycles. The molecule has 0 spiro atoms. The van der Waals surface area contributed by atoms with Gasteiger partial charge in [-0.3, -0.25) is 4.79 Å². The molecule has 0 atom stereocenters. The minimum Gasteiger partial charge on any atom is -0.477 e. The summed E-state index contributed by atoms with van der Waals surface area (Å²) in [7, 11) is 0. The molecule has 0 unspecified atom stereocenters. The third-order valence-corrected chi connectivity index (χ3v) is 2.69. The minimum atomic E-state index is -0.795. The Hall–Kier alpha value is -1.36. The molecular weight excluding hydrogens is 214 g/mol. The van der Waals surface area contributed by atoms with E-state index in [-0.39, 0.29) is 6.41 Å². The van der Waals surface area contributed by atoms with Gasteiger partial charge in [0.15, 0.2) is 0 Å². The number of carboxylic acids is 1. The second-order valence-electron chi connectivity index (χ2n) is 2.82. The zero-order valence-corrected chi connectivity index (χ0v) is 9.42. The highest BCUT2D eigenvalue weighted by atomic mass is 32.1. The van der Waals surface area contributed by atoms with Crippen LogP contribution in [-0.2, 0) is 11.2 Å². The molecule has 0 aliphatic carbocycles. The van der Waals surface area contributed by atoms with Crippen LogP contribution in [0.2, 0.25) is 0 Å². The maximum absolute atomic E-state index is 10.7. The van der Waals surface area contributed by atoms with Gasteiger partial charge in [-0.15, -0.1) is 11.3 Å². The van der Waals surface area contributed by atoms with Crippen LogP contribution in [0, 0.1) is 0 Å². The van der Waals surface area contributed by atoms with Crippen LogP contribution in [0.15, 0.2) is 11.4 Å². The maximum atomic E-state index is 10.7. The number of carbonyl (C=O) groups is 2. The molecule has 84 valence electrons. The highest BCUT2D eigenvalue weighted by molar-refractivity contribution is 7.12. The molecule has 0 saturated heterocycles. The summed E-state index contributed by atoms with van der Waals surface area (Å²) in [4.78, 5) is 19.7. The number of hydrogen-bond donors (Lipinski definition) is 2. The van der Waals surface area contributed by atoms with Crippen molar-refractivity contribution in [1.82, 2.24) is 0 Å². The Kier molecular flexibility index (Phi) is 7.27. The number of aromatic carboxylic acids is 1. The van der Waals surface area contributed by atoms with Crippen molar-refractivity contribution < 1.29 is 14.7 Å². The van der Waals surface area contributed by atoms with Crippen LogP contribution in [0.4, 0.5) is 0 Å². The molecule has 0 aliphatic rings. The first-order valence-corrected chi connectivity index (χ1v) is 5.50. The zero-order valence-electron chi connectivity index (χ0n) is 8.60. The second kappa shape index (κ2) is 7.99. The van der Waals surface area contributed by atoms with E-state index in [1.165, 1.54) is 11.3 Å². The van der Waals surface area contributed by atoms with Gasteiger partial charge in [0.2, 0.25) is 6.41 Å². The molecule has 1 amide bonds. The predicted molar refractivity (Wildman–Crippen MR) is 60.1 cm³/mol. The molecule has 5 heteroatoms. The molecule has 1 heterocycles. The van der Waals surface area contributed by atoms with E-state index in [1.807, 2.05) is 11.4 Å². The second-order valence-corrected chi connectivity index (χ2v) is 3.74. The number of unbranched alkanes of at least 4 members (excludes halogenated alkanes) is 1. The van der Waals surface area contributed by atoms with Gasteiger partial charge >= 0.3 is 5.97 Å². The van der Waals surface area contributed by atoms with Gasteiger partial charge in [0.25, 0.3) is 0 Å². The van der Waals surface area contributed by atoms with Crippen LogP contribution < -0.4 is 5.73 Å². The lowest BCUT2D eigenvalue weighted by Gasteiger charge is -1.96. The molecule has 15 heavy (non-hydrogen) atoms. The summed E-state index contributed by atoms with van der Waals surface area (Å²) in [6, 6.07) is 1.91. The molecule has 3 N–H and O–H groups in total. The zero-order chi connectivity index (χ0) is 11.7. The van der Waals surface area contributed by atoms with Gasteiger partial charge < -0.3 is 10.8 Å². The summed E-state index contributed by atoms with van der Waals surface area (Å²) in [5.41, 5.74) is 5.15. The van der Waals surface area contributed by atoms with Crippen LogP contribution in [0.5, 0.6) is 0 Å². The molecule has 0 fully saturated rings. The van der Waals surface area contributed by atoms with Crippen LogP contribution in [0.1, 0.15) is 35.0 Å². The van der Waals surface area contributed by atoms with Crippen LogP contribution >= 0.6 is 11.3 Å². The van der Waals surface area contributed by atoms with Crippen LogP contribution in [0.25, 0.3) is 0 Å². The van der Waals surface area contributed by atoms with Crippen LogP contribution in [0.3, 0.4) is 0 Å². The number of rotatable bonds is 4. The van der Waals surface area contributed by atoms with E-state index in [1.54, 1.807) is 0 Å². The van der Waals surface area contributed by atoms with Gasteiger partial charge in [-0.2, -0.15) is 0 Å². The number of nitrogens with two attached hydrogens (primary N) is 1. The molecule has 1 aromatic heterocycles. The molecule has 0 saturated carbocycles. The third kappa shape index (κ3) is 5.17. The van der Waals surface area contributed by atoms with Gasteiger partial charge in [-0.25, -0.2) is 4.79 Å². The lowest BCUT2D eigenvalue weighted by molar-refractivity contribution is -0.106. The summed E-state index contributed by atoms with van der Waals surface area (Å²) in [6.07, 6.45) is 3.31. The van der Waals surface area contributed by atoms with Crippen molar-refractivity contribution >= 4 is 23.7 Å². The molecule has 0 aromatic carbocycles. The first kappa shape index (κ1) is 13.6. The third-order valence-electron chi connectivity index (χ3n) is 1.74. The number of thiophene rings is 1. The van der Waals surface area contributed by atoms with Gasteiger partial charge in [0, 0.05) is 0 Å². The Morgan fingerprint density at radius 1 is 1.67 bits per heavy atom. The average Bonchev–Trinajstić information content (AvgIpc) is 2.63. The summed E-state index contributed by atoms with van der Waals surface area (Å²) >= 11 is 1.31. The van der Waals surface area contributed by atoms with E-state index >= 15 is 0 Å². The highest BCUT2D eigenvalue weighted by Gasteiger charge is 2.09. The molecule has 0 bridgehead atoms. The summed E-state index contributed by atoms with van der Waals surface area (Å²) in [5.74, 6) is -0.795. The highest BCUT2D eigenvalue weighted by Crippen LogP contribution is 2.18. The first-order valence-electron chi connectivity index (χ1n) is 4.62. The number of aryl methyl sites for hydroxylation is 1. The Balaban J connectivity index is 0.000000583. The first-order chi connectivity index (χ1) is 7.17. The quantitative estimate of drug-likeness (QED) is 0.774. The number of amides is 1. The maximum Gasteiger partial charge on any atom is 0.346 e. The molecule has 1 aromatic rings. The smallest absolute Gasteiger partial charge is 0.346 e. The lowest BCUT2D eigenvalue weighted by atomic mass is 10.1. The SMILES string of the molecule is CCCCc1ccsc1C(=O)O.NC=O. The normalized spacial score (nSPS) is 8.87. The van der Waals surface area contributed by atoms with E-state index in [9.17, 15) is 4.79 Å². The van der Waals surface area contributed by atoms with E-state index in [0.29, 0.717) is 4.88 Å². The van der Waals surface area contributed by atoms with Crippen molar-refractivity contribution in [3.63, 3.8) is 0 Å². The minimum absolute atomic E-state index is 0.250. The van der Waals surface area contributed by atoms with E-state index in [2.05, 4.69) is 12.7 Å². The fourth-order valence-corrected chi connectivity index (χ4v) is 1.88. The predicted octanol–water partition coefficient (Wildman–Crippen LogP) is 1.89. The Bertz CT molecular complexity index is 309. The number of carboxylic acid groups (broad SMARTS) is 1. The molecule has 4 nitrogen and oxygen atoms in total. The Labute approximate surface area is 92.7 Å². The average molecular weight is 229 g/mol. The fraction of sp³-hybridized carbons (Fsp3) is 0.400. The van der Waals surface area contributed by atoms with Gasteiger partial charge in [-0.1, -0.05) is 13.3 Å². The van der Waals surface area contributed by atoms with Crippen molar-refractivity contribution in [3.05, 3.63) is 21.9 Å². The number of primary amides is 1. The number of hydrogen-bond acceptors (Lipinski definition) is 3. The van der Waals surface area contributed by atoms with Crippen molar-refractivity contribution in [2.24, 2.45) is 5.73 Å². The largest absolute Gasteiger partial charge is 0.477 e. The van der Waals surface area contributed by atoms with Crippen molar-refractivity contribution in [3.8, 4) is 0 Å².